The maximum absolute atomic E-state index is 12.3. The number of carbonyl (C=O) groups is 1. The van der Waals surface area contributed by atoms with Crippen molar-refractivity contribution in [1.82, 2.24) is 26.2 Å². The molecular weight excluding hydrogens is 325 g/mol. The van der Waals surface area contributed by atoms with Crippen molar-refractivity contribution in [3.8, 4) is 0 Å². The highest BCUT2D eigenvalue weighted by atomic mass is 35.5. The summed E-state index contributed by atoms with van der Waals surface area (Å²) in [6.45, 7) is 4.50. The average Bonchev–Trinajstić information content (AvgIpc) is 3.06. The predicted octanol–water partition coefficient (Wildman–Crippen LogP) is 0.619. The molecule has 3 rings (SSSR count). The van der Waals surface area contributed by atoms with E-state index in [1.807, 2.05) is 17.0 Å². The Balaban J connectivity index is 1.53. The second kappa shape index (κ2) is 7.12. The first kappa shape index (κ1) is 16.0. The van der Waals surface area contributed by atoms with Gasteiger partial charge in [-0.05, 0) is 11.6 Å². The number of hydrogen-bond donors (Lipinski definition) is 3. The van der Waals surface area contributed by atoms with E-state index in [9.17, 15) is 4.79 Å². The molecule has 2 heterocycles. The van der Waals surface area contributed by atoms with Crippen LogP contribution in [0.5, 0.6) is 0 Å². The number of nitrogens with zero attached hydrogens (tertiary/aromatic N) is 2. The van der Waals surface area contributed by atoms with Crippen molar-refractivity contribution in [3.63, 3.8) is 0 Å². The van der Waals surface area contributed by atoms with Crippen LogP contribution in [0.15, 0.2) is 18.2 Å². The molecule has 0 aromatic heterocycles. The van der Waals surface area contributed by atoms with Crippen molar-refractivity contribution in [2.24, 2.45) is 0 Å². The first-order chi connectivity index (χ1) is 10.6. The van der Waals surface area contributed by atoms with Crippen molar-refractivity contribution in [1.29, 1.82) is 0 Å². The lowest BCUT2D eigenvalue weighted by Crippen LogP contribution is -2.54. The number of benzene rings is 1. The second-order valence-corrected chi connectivity index (χ2v) is 6.30. The highest BCUT2D eigenvalue weighted by molar-refractivity contribution is 6.42. The van der Waals surface area contributed by atoms with Gasteiger partial charge in [-0.25, -0.2) is 10.9 Å². The topological polar surface area (TPSA) is 59.6 Å². The molecule has 0 radical (unpaired) electrons. The molecule has 1 unspecified atom stereocenters. The van der Waals surface area contributed by atoms with Gasteiger partial charge in [0.1, 0.15) is 6.04 Å². The molecule has 0 saturated carbocycles. The molecule has 1 aromatic rings. The van der Waals surface area contributed by atoms with Gasteiger partial charge in [-0.2, -0.15) is 5.53 Å². The van der Waals surface area contributed by atoms with E-state index in [2.05, 4.69) is 21.3 Å². The molecule has 1 amide bonds. The van der Waals surface area contributed by atoms with Crippen LogP contribution in [0.4, 0.5) is 0 Å². The van der Waals surface area contributed by atoms with Gasteiger partial charge in [-0.15, -0.1) is 0 Å². The number of carbonyl (C=O) groups excluding carboxylic acids is 1. The third-order valence-electron chi connectivity index (χ3n) is 4.05. The van der Waals surface area contributed by atoms with Crippen LogP contribution in [0.1, 0.15) is 5.56 Å². The summed E-state index contributed by atoms with van der Waals surface area (Å²) < 4.78 is 0. The summed E-state index contributed by atoms with van der Waals surface area (Å²) in [7, 11) is 0. The van der Waals surface area contributed by atoms with Gasteiger partial charge in [0.2, 0.25) is 5.91 Å². The van der Waals surface area contributed by atoms with E-state index >= 15 is 0 Å². The maximum atomic E-state index is 12.3. The number of amides is 1. The van der Waals surface area contributed by atoms with E-state index in [1.54, 1.807) is 6.07 Å². The zero-order valence-electron chi connectivity index (χ0n) is 12.1. The van der Waals surface area contributed by atoms with Crippen LogP contribution in [-0.4, -0.2) is 54.5 Å². The molecule has 2 saturated heterocycles. The molecule has 0 bridgehead atoms. The molecular formula is C14H19Cl2N5O. The maximum Gasteiger partial charge on any atom is 0.242 e. The van der Waals surface area contributed by atoms with Crippen LogP contribution in [0.2, 0.25) is 10.0 Å². The first-order valence-corrected chi connectivity index (χ1v) is 8.08. The van der Waals surface area contributed by atoms with Gasteiger partial charge in [0.25, 0.3) is 0 Å². The number of hydrogen-bond acceptors (Lipinski definition) is 5. The van der Waals surface area contributed by atoms with E-state index in [-0.39, 0.29) is 11.9 Å². The Kier molecular flexibility index (Phi) is 5.18. The Morgan fingerprint density at radius 1 is 1.23 bits per heavy atom. The summed E-state index contributed by atoms with van der Waals surface area (Å²) in [5.41, 5.74) is 9.61. The number of halogens is 2. The van der Waals surface area contributed by atoms with E-state index in [4.69, 9.17) is 23.2 Å². The number of hydrazine groups is 2. The summed E-state index contributed by atoms with van der Waals surface area (Å²) in [5, 5.41) is 1.20. The van der Waals surface area contributed by atoms with Crippen molar-refractivity contribution < 1.29 is 4.79 Å². The Morgan fingerprint density at radius 2 is 2.00 bits per heavy atom. The Bertz CT molecular complexity index is 542. The first-order valence-electron chi connectivity index (χ1n) is 7.32. The predicted molar refractivity (Wildman–Crippen MR) is 86.4 cm³/mol. The van der Waals surface area contributed by atoms with E-state index in [0.29, 0.717) is 16.6 Å². The van der Waals surface area contributed by atoms with Gasteiger partial charge in [-0.1, -0.05) is 35.3 Å². The molecule has 6 nitrogen and oxygen atoms in total. The van der Waals surface area contributed by atoms with Crippen molar-refractivity contribution in [2.75, 3.05) is 32.7 Å². The van der Waals surface area contributed by atoms with Crippen LogP contribution in [0.25, 0.3) is 0 Å². The summed E-state index contributed by atoms with van der Waals surface area (Å²) in [5.74, 6) is 0.137. The third-order valence-corrected chi connectivity index (χ3v) is 4.91. The average molecular weight is 344 g/mol. The Labute approximate surface area is 139 Å². The highest BCUT2D eigenvalue weighted by Gasteiger charge is 2.29. The minimum atomic E-state index is -0.186. The lowest BCUT2D eigenvalue weighted by Gasteiger charge is -2.35. The monoisotopic (exact) mass is 343 g/mol. The van der Waals surface area contributed by atoms with Gasteiger partial charge in [0.15, 0.2) is 0 Å². The SMILES string of the molecule is O=C(C1CNNN1)N1CCN(Cc2cccc(Cl)c2Cl)CC1. The lowest BCUT2D eigenvalue weighted by atomic mass is 10.2. The second-order valence-electron chi connectivity index (χ2n) is 5.52. The van der Waals surface area contributed by atoms with Gasteiger partial charge in [0.05, 0.1) is 10.0 Å². The Hall–Kier alpha value is -0.890. The molecule has 8 heteroatoms. The molecule has 0 aliphatic carbocycles. The molecule has 22 heavy (non-hydrogen) atoms. The van der Waals surface area contributed by atoms with Crippen molar-refractivity contribution in [3.05, 3.63) is 33.8 Å². The van der Waals surface area contributed by atoms with Gasteiger partial charge < -0.3 is 4.90 Å². The van der Waals surface area contributed by atoms with Crippen LogP contribution >= 0.6 is 23.2 Å². The fraction of sp³-hybridized carbons (Fsp3) is 0.500. The normalized spacial score (nSPS) is 23.0. The summed E-state index contributed by atoms with van der Waals surface area (Å²) >= 11 is 12.3. The Morgan fingerprint density at radius 3 is 2.68 bits per heavy atom. The summed E-state index contributed by atoms with van der Waals surface area (Å²) in [6, 6.07) is 5.51. The summed E-state index contributed by atoms with van der Waals surface area (Å²) in [6.07, 6.45) is 0. The van der Waals surface area contributed by atoms with Gasteiger partial charge in [0, 0.05) is 39.3 Å². The van der Waals surface area contributed by atoms with Crippen molar-refractivity contribution >= 4 is 29.1 Å². The van der Waals surface area contributed by atoms with E-state index in [0.717, 1.165) is 38.3 Å². The minimum Gasteiger partial charge on any atom is -0.339 e. The van der Waals surface area contributed by atoms with Gasteiger partial charge >= 0.3 is 0 Å². The zero-order chi connectivity index (χ0) is 15.5. The third kappa shape index (κ3) is 3.53. The molecule has 2 fully saturated rings. The molecule has 0 spiro atoms. The van der Waals surface area contributed by atoms with Gasteiger partial charge in [-0.3, -0.25) is 9.69 Å². The van der Waals surface area contributed by atoms with Crippen LogP contribution in [-0.2, 0) is 11.3 Å². The molecule has 1 atom stereocenters. The standard InChI is InChI=1S/C14H19Cl2N5O/c15-11-3-1-2-10(13(11)16)9-20-4-6-21(7-5-20)14(22)12-8-17-19-18-12/h1-3,12,17-19H,4-9H2. The molecule has 3 N–H and O–H groups in total. The smallest absolute Gasteiger partial charge is 0.242 e. The molecule has 120 valence electrons. The number of nitrogens with one attached hydrogen (secondary N) is 3. The number of rotatable bonds is 3. The summed E-state index contributed by atoms with van der Waals surface area (Å²) in [4.78, 5) is 16.5. The van der Waals surface area contributed by atoms with Crippen LogP contribution in [0, 0.1) is 0 Å². The molecule has 2 aliphatic rings. The lowest BCUT2D eigenvalue weighted by molar-refractivity contribution is -0.134. The zero-order valence-corrected chi connectivity index (χ0v) is 13.6. The minimum absolute atomic E-state index is 0.137. The fourth-order valence-corrected chi connectivity index (χ4v) is 3.13. The van der Waals surface area contributed by atoms with E-state index < -0.39 is 0 Å². The fourth-order valence-electron chi connectivity index (χ4n) is 2.75. The van der Waals surface area contributed by atoms with Crippen molar-refractivity contribution in [2.45, 2.75) is 12.6 Å². The molecule has 2 aliphatic heterocycles. The van der Waals surface area contributed by atoms with Crippen LogP contribution < -0.4 is 16.4 Å². The van der Waals surface area contributed by atoms with Crippen LogP contribution in [0.3, 0.4) is 0 Å². The highest BCUT2D eigenvalue weighted by Crippen LogP contribution is 2.26. The number of piperazine rings is 1. The van der Waals surface area contributed by atoms with E-state index in [1.165, 1.54) is 0 Å². The molecule has 1 aromatic carbocycles. The quantitative estimate of drug-likeness (QED) is 0.751. The largest absolute Gasteiger partial charge is 0.339 e.